The molecule has 4 rings (SSSR count). The van der Waals surface area contributed by atoms with Gasteiger partial charge in [0.25, 0.3) is 5.56 Å². The number of aromatic hydroxyl groups is 1. The number of carbonyl (C=O) groups is 1. The Bertz CT molecular complexity index is 1130. The van der Waals surface area contributed by atoms with E-state index in [4.69, 9.17) is 4.74 Å². The second-order valence-electron chi connectivity index (χ2n) is 6.29. The highest BCUT2D eigenvalue weighted by atomic mass is 19.1. The first-order valence-corrected chi connectivity index (χ1v) is 8.42. The Balaban J connectivity index is 2.03. The number of rotatable bonds is 4. The van der Waals surface area contributed by atoms with Gasteiger partial charge >= 0.3 is 5.97 Å². The SMILES string of the molecule is CCOC(=O)c1c(O)n2nc(C3CC3)c(-c3ccc(F)cc3F)c2[nH]c1=O. The van der Waals surface area contributed by atoms with Crippen LogP contribution < -0.4 is 5.56 Å². The molecule has 2 N–H and O–H groups in total. The number of H-pyrrole nitrogens is 1. The minimum absolute atomic E-state index is 0.0220. The zero-order valence-corrected chi connectivity index (χ0v) is 14.3. The zero-order valence-electron chi connectivity index (χ0n) is 14.3. The summed E-state index contributed by atoms with van der Waals surface area (Å²) in [6.45, 7) is 1.59. The molecule has 1 saturated carbocycles. The summed E-state index contributed by atoms with van der Waals surface area (Å²) in [6.07, 6.45) is 1.63. The van der Waals surface area contributed by atoms with Crippen molar-refractivity contribution in [2.24, 2.45) is 0 Å². The second kappa shape index (κ2) is 6.19. The number of ether oxygens (including phenoxy) is 1. The van der Waals surface area contributed by atoms with Gasteiger partial charge in [0.2, 0.25) is 5.88 Å². The summed E-state index contributed by atoms with van der Waals surface area (Å²) in [7, 11) is 0. The van der Waals surface area contributed by atoms with Gasteiger partial charge in [-0.25, -0.2) is 13.6 Å². The number of esters is 1. The standard InChI is InChI=1S/C18H15F2N3O4/c1-2-27-18(26)13-16(24)21-15-12(10-6-5-9(19)7-11(10)20)14(8-3-4-8)22-23(15)17(13)25/h5-8,25H,2-4H2,1H3,(H,21,24). The molecule has 9 heteroatoms. The summed E-state index contributed by atoms with van der Waals surface area (Å²) in [5.41, 5.74) is -0.666. The van der Waals surface area contributed by atoms with Crippen LogP contribution in [-0.4, -0.2) is 32.3 Å². The molecule has 2 heterocycles. The predicted molar refractivity (Wildman–Crippen MR) is 90.8 cm³/mol. The topological polar surface area (TPSA) is 96.7 Å². The quantitative estimate of drug-likeness (QED) is 0.684. The van der Waals surface area contributed by atoms with E-state index in [-0.39, 0.29) is 29.3 Å². The van der Waals surface area contributed by atoms with Crippen molar-refractivity contribution < 1.29 is 23.4 Å². The Labute approximate surface area is 151 Å². The summed E-state index contributed by atoms with van der Waals surface area (Å²) < 4.78 is 33.5. The molecule has 0 spiro atoms. The number of carbonyl (C=O) groups excluding carboxylic acids is 1. The average Bonchev–Trinajstić information content (AvgIpc) is 3.37. The van der Waals surface area contributed by atoms with E-state index in [1.807, 2.05) is 0 Å². The van der Waals surface area contributed by atoms with Crippen molar-refractivity contribution in [2.45, 2.75) is 25.7 Å². The minimum atomic E-state index is -0.990. The van der Waals surface area contributed by atoms with Crippen molar-refractivity contribution in [2.75, 3.05) is 6.61 Å². The smallest absolute Gasteiger partial charge is 0.349 e. The molecule has 0 saturated heterocycles. The molecule has 1 fully saturated rings. The molecule has 3 aromatic rings. The Hall–Kier alpha value is -3.23. The van der Waals surface area contributed by atoms with E-state index in [0.717, 1.165) is 29.5 Å². The molecule has 0 amide bonds. The third-order valence-corrected chi connectivity index (χ3v) is 4.44. The van der Waals surface area contributed by atoms with Gasteiger partial charge in [-0.2, -0.15) is 9.61 Å². The number of fused-ring (bicyclic) bond motifs is 1. The zero-order chi connectivity index (χ0) is 19.3. The highest BCUT2D eigenvalue weighted by Gasteiger charge is 2.34. The van der Waals surface area contributed by atoms with Crippen LogP contribution in [0.3, 0.4) is 0 Å². The molecule has 27 heavy (non-hydrogen) atoms. The first-order chi connectivity index (χ1) is 12.9. The van der Waals surface area contributed by atoms with Crippen molar-refractivity contribution >= 4 is 11.6 Å². The molecular formula is C18H15F2N3O4. The normalized spacial score (nSPS) is 13.9. The number of benzene rings is 1. The third-order valence-electron chi connectivity index (χ3n) is 4.44. The molecule has 1 aliphatic carbocycles. The highest BCUT2D eigenvalue weighted by Crippen LogP contribution is 2.45. The maximum absolute atomic E-state index is 14.4. The van der Waals surface area contributed by atoms with Crippen LogP contribution in [0.2, 0.25) is 0 Å². The van der Waals surface area contributed by atoms with Gasteiger partial charge in [0.1, 0.15) is 17.3 Å². The molecule has 2 aromatic heterocycles. The van der Waals surface area contributed by atoms with Gasteiger partial charge in [-0.1, -0.05) is 0 Å². The van der Waals surface area contributed by atoms with Gasteiger partial charge in [-0.15, -0.1) is 0 Å². The minimum Gasteiger partial charge on any atom is -0.492 e. The molecule has 1 aromatic carbocycles. The van der Waals surface area contributed by atoms with Gasteiger partial charge in [-0.05, 0) is 31.9 Å². The van der Waals surface area contributed by atoms with Crippen LogP contribution in [-0.2, 0) is 4.74 Å². The molecule has 1 aliphatic rings. The summed E-state index contributed by atoms with van der Waals surface area (Å²) >= 11 is 0. The Morgan fingerprint density at radius 3 is 2.78 bits per heavy atom. The molecule has 0 aliphatic heterocycles. The fourth-order valence-corrected chi connectivity index (χ4v) is 3.07. The van der Waals surface area contributed by atoms with Gasteiger partial charge in [-0.3, -0.25) is 4.79 Å². The van der Waals surface area contributed by atoms with Crippen LogP contribution in [0.25, 0.3) is 16.8 Å². The third kappa shape index (κ3) is 2.75. The molecule has 0 bridgehead atoms. The van der Waals surface area contributed by atoms with Crippen molar-refractivity contribution in [1.29, 1.82) is 0 Å². The Morgan fingerprint density at radius 2 is 2.15 bits per heavy atom. The van der Waals surface area contributed by atoms with Crippen LogP contribution in [0.5, 0.6) is 5.88 Å². The number of nitrogens with one attached hydrogen (secondary N) is 1. The molecule has 7 nitrogen and oxygen atoms in total. The Kier molecular flexibility index (Phi) is 3.94. The lowest BCUT2D eigenvalue weighted by molar-refractivity contribution is 0.0519. The van der Waals surface area contributed by atoms with E-state index in [0.29, 0.717) is 5.69 Å². The largest absolute Gasteiger partial charge is 0.492 e. The summed E-state index contributed by atoms with van der Waals surface area (Å²) in [6, 6.07) is 3.09. The van der Waals surface area contributed by atoms with Crippen LogP contribution in [0, 0.1) is 11.6 Å². The van der Waals surface area contributed by atoms with Crippen LogP contribution >= 0.6 is 0 Å². The maximum Gasteiger partial charge on any atom is 0.349 e. The van der Waals surface area contributed by atoms with Crippen LogP contribution in [0.1, 0.15) is 41.7 Å². The van der Waals surface area contributed by atoms with E-state index in [1.165, 1.54) is 6.07 Å². The lowest BCUT2D eigenvalue weighted by Gasteiger charge is -2.07. The molecule has 0 unspecified atom stereocenters. The second-order valence-corrected chi connectivity index (χ2v) is 6.29. The van der Waals surface area contributed by atoms with Gasteiger partial charge in [0.05, 0.1) is 17.9 Å². The van der Waals surface area contributed by atoms with E-state index >= 15 is 0 Å². The molecule has 140 valence electrons. The number of hydrogen-bond acceptors (Lipinski definition) is 5. The monoisotopic (exact) mass is 375 g/mol. The fourth-order valence-electron chi connectivity index (χ4n) is 3.07. The molecule has 0 atom stereocenters. The van der Waals surface area contributed by atoms with Crippen molar-refractivity contribution in [1.82, 2.24) is 14.6 Å². The summed E-state index contributed by atoms with van der Waals surface area (Å²) in [5.74, 6) is -3.21. The maximum atomic E-state index is 14.4. The van der Waals surface area contributed by atoms with Crippen molar-refractivity contribution in [3.63, 3.8) is 0 Å². The number of hydrogen-bond donors (Lipinski definition) is 2. The van der Waals surface area contributed by atoms with Crippen LogP contribution in [0.15, 0.2) is 23.0 Å². The number of aromatic nitrogens is 3. The molecular weight excluding hydrogens is 360 g/mol. The van der Waals surface area contributed by atoms with Crippen LogP contribution in [0.4, 0.5) is 8.78 Å². The average molecular weight is 375 g/mol. The number of aromatic amines is 1. The van der Waals surface area contributed by atoms with E-state index < -0.39 is 34.6 Å². The van der Waals surface area contributed by atoms with E-state index in [2.05, 4.69) is 10.1 Å². The number of halogens is 2. The highest BCUT2D eigenvalue weighted by molar-refractivity contribution is 5.92. The van der Waals surface area contributed by atoms with E-state index in [9.17, 15) is 23.5 Å². The van der Waals surface area contributed by atoms with E-state index in [1.54, 1.807) is 6.92 Å². The fraction of sp³-hybridized carbons (Fsp3) is 0.278. The molecule has 0 radical (unpaired) electrons. The van der Waals surface area contributed by atoms with Crippen molar-refractivity contribution in [3.05, 3.63) is 51.4 Å². The number of nitrogens with zero attached hydrogens (tertiary/aromatic N) is 2. The summed E-state index contributed by atoms with van der Waals surface area (Å²) in [4.78, 5) is 26.8. The van der Waals surface area contributed by atoms with Crippen molar-refractivity contribution in [3.8, 4) is 17.0 Å². The summed E-state index contributed by atoms with van der Waals surface area (Å²) in [5, 5.41) is 14.7. The first-order valence-electron chi connectivity index (χ1n) is 8.42. The first kappa shape index (κ1) is 17.2. The lowest BCUT2D eigenvalue weighted by Crippen LogP contribution is -2.22. The van der Waals surface area contributed by atoms with Gasteiger partial charge in [0.15, 0.2) is 5.56 Å². The van der Waals surface area contributed by atoms with Gasteiger partial charge < -0.3 is 14.8 Å². The lowest BCUT2D eigenvalue weighted by atomic mass is 10.0. The predicted octanol–water partition coefficient (Wildman–Crippen LogP) is 2.73. The van der Waals surface area contributed by atoms with Gasteiger partial charge in [0, 0.05) is 17.5 Å². The Morgan fingerprint density at radius 1 is 1.41 bits per heavy atom.